The molecule has 0 bridgehead atoms. The third kappa shape index (κ3) is 17.4. The largest absolute Gasteiger partial charge is 0.297 e. The molecule has 15 nitrogen and oxygen atoms in total. The molecule has 21 rings (SSSR count). The molecule has 0 aliphatic heterocycles. The summed E-state index contributed by atoms with van der Waals surface area (Å²) in [7, 11) is 10.8. The zero-order chi connectivity index (χ0) is 97.3. The Balaban J connectivity index is 0.000000120. The van der Waals surface area contributed by atoms with Crippen molar-refractivity contribution in [1.82, 2.24) is 47.8 Å². The van der Waals surface area contributed by atoms with Crippen molar-refractivity contribution in [2.75, 3.05) is 0 Å². The first-order valence-electron chi connectivity index (χ1n) is 48.2. The van der Waals surface area contributed by atoms with Crippen molar-refractivity contribution in [3.05, 3.63) is 412 Å². The van der Waals surface area contributed by atoms with Crippen LogP contribution in [0.3, 0.4) is 0 Å². The highest BCUT2D eigenvalue weighted by molar-refractivity contribution is 5.88. The highest BCUT2D eigenvalue weighted by Crippen LogP contribution is 2.43. The molecule has 11 aromatic carbocycles. The van der Waals surface area contributed by atoms with E-state index in [1.807, 2.05) is 31.0 Å². The minimum absolute atomic E-state index is 0.425. The molecule has 21 aromatic rings. The highest BCUT2D eigenvalue weighted by atomic mass is 15.2. The van der Waals surface area contributed by atoms with Gasteiger partial charge in [0.2, 0.25) is 0 Å². The molecule has 0 radical (unpaired) electrons. The van der Waals surface area contributed by atoms with E-state index in [-0.39, 0.29) is 0 Å². The van der Waals surface area contributed by atoms with Crippen LogP contribution in [0.4, 0.5) is 0 Å². The van der Waals surface area contributed by atoms with Gasteiger partial charge in [-0.15, -0.1) is 0 Å². The van der Waals surface area contributed by atoms with Crippen LogP contribution in [-0.4, -0.2) is 47.8 Å². The van der Waals surface area contributed by atoms with Gasteiger partial charge in [0, 0.05) is 53.2 Å². The van der Waals surface area contributed by atoms with Crippen LogP contribution in [0.25, 0.3) is 152 Å². The van der Waals surface area contributed by atoms with Gasteiger partial charge in [0.1, 0.15) is 28.4 Å². The van der Waals surface area contributed by atoms with Crippen LogP contribution in [0.15, 0.2) is 322 Å². The van der Waals surface area contributed by atoms with E-state index in [4.69, 9.17) is 0 Å². The lowest BCUT2D eigenvalue weighted by molar-refractivity contribution is -0.634. The Hall–Kier alpha value is -15.5. The van der Waals surface area contributed by atoms with Crippen molar-refractivity contribution in [2.24, 2.45) is 35.2 Å². The van der Waals surface area contributed by atoms with Gasteiger partial charge in [0.15, 0.2) is 55.2 Å². The minimum atomic E-state index is 0.425. The Labute approximate surface area is 813 Å². The van der Waals surface area contributed by atoms with Crippen molar-refractivity contribution < 1.29 is 22.8 Å². The summed E-state index contributed by atoms with van der Waals surface area (Å²) in [4.78, 5) is 23.0. The van der Waals surface area contributed by atoms with Gasteiger partial charge in [0.05, 0.1) is 91.5 Å². The molecule has 15 heteroatoms. The Kier molecular flexibility index (Phi) is 27.2. The van der Waals surface area contributed by atoms with E-state index in [1.54, 1.807) is 0 Å². The summed E-state index contributed by atoms with van der Waals surface area (Å²) in [6.45, 7) is 41.5. The predicted octanol–water partition coefficient (Wildman–Crippen LogP) is 26.6. The summed E-state index contributed by atoms with van der Waals surface area (Å²) in [5.41, 5.74) is 46.0. The number of para-hydroxylation sites is 15. The molecule has 0 N–H and O–H groups in total. The molecule has 10 heterocycles. The normalized spacial score (nSPS) is 11.4. The summed E-state index contributed by atoms with van der Waals surface area (Å²) in [6, 6.07) is 103. The molecule has 0 spiro atoms. The fourth-order valence-electron chi connectivity index (χ4n) is 20.8. The summed E-state index contributed by atoms with van der Waals surface area (Å²) in [5.74, 6) is 7.13. The van der Waals surface area contributed by atoms with E-state index >= 15 is 0 Å². The van der Waals surface area contributed by atoms with Crippen LogP contribution >= 0.6 is 0 Å². The zero-order valence-electron chi connectivity index (χ0n) is 84.5. The lowest BCUT2D eigenvalue weighted by Gasteiger charge is -2.18. The third-order valence-electron chi connectivity index (χ3n) is 27.5. The van der Waals surface area contributed by atoms with Crippen LogP contribution in [0.1, 0.15) is 149 Å². The summed E-state index contributed by atoms with van der Waals surface area (Å²) < 4.78 is 23.5. The topological polar surface area (TPSA) is 108 Å². The average molecular weight is 1820 g/mol. The fraction of sp³-hybridized carbons (Fsp3) is 0.220. The van der Waals surface area contributed by atoms with Gasteiger partial charge in [-0.3, -0.25) is 24.9 Å². The van der Waals surface area contributed by atoms with E-state index in [0.717, 1.165) is 40.0 Å². The number of hydrogen-bond acceptors (Lipinski definition) is 5. The fourth-order valence-corrected chi connectivity index (χ4v) is 20.8. The van der Waals surface area contributed by atoms with E-state index < -0.39 is 0 Å². The standard InChI is InChI=1S/C27H24N3.C27H32N3.C24H26N3.C23H24N3.C22H22N3/c1-19-17-18-28-20(2)26(19)27-29(3)24-15-9-10-16-25(24)30(27)23-14-8-7-13-22(23)21-11-5-4-6-12-21;1-17(2)21-11-10-12-22(18(3)4)26(21)30-24-14-9-8-13-23(24)29(7)27(30)25-19(5)15-16-28-20(25)6;1-16(2)19-10-6-7-11-20(19)27-22-13-9-8-12-21(22)26(5)24(27)23-17(3)14-15-25-18(23)4;1-15-13-14-24-18(4)21(15)23-25(5)19-11-6-7-12-20(19)26(23)22-16(2)9-8-10-17(22)3;1-15-9-5-6-10-18(15)25-20-12-8-7-11-19(20)24(4)22(25)21-16(2)13-14-23-17(21)3/h4-18H,1-3H3;8-18H,1-7H3;6-16H,1-5H3;6-14H,1-5H3;5-14H,1-4H3/q5*+1. The van der Waals surface area contributed by atoms with Gasteiger partial charge in [-0.2, -0.15) is 22.8 Å². The molecule has 0 atom stereocenters. The van der Waals surface area contributed by atoms with Gasteiger partial charge >= 0.3 is 0 Å². The molecule has 0 aliphatic carbocycles. The third-order valence-corrected chi connectivity index (χ3v) is 27.5. The number of pyridine rings is 5. The smallest absolute Gasteiger partial charge is 0.261 e. The van der Waals surface area contributed by atoms with Crippen molar-refractivity contribution >= 4 is 55.2 Å². The van der Waals surface area contributed by atoms with E-state index in [0.29, 0.717) is 17.8 Å². The van der Waals surface area contributed by atoms with Gasteiger partial charge in [-0.1, -0.05) is 224 Å². The second-order valence-electron chi connectivity index (χ2n) is 37.7. The number of imidazole rings is 5. The van der Waals surface area contributed by atoms with E-state index in [1.165, 1.54) is 201 Å². The number of rotatable bonds is 14. The number of benzene rings is 11. The van der Waals surface area contributed by atoms with Crippen molar-refractivity contribution in [3.63, 3.8) is 0 Å². The quantitative estimate of drug-likeness (QED) is 0.101. The molecule has 0 saturated heterocycles. The molecule has 10 aromatic heterocycles. The van der Waals surface area contributed by atoms with Crippen molar-refractivity contribution in [3.8, 4) is 96.5 Å². The highest BCUT2D eigenvalue weighted by Gasteiger charge is 2.38. The average Bonchev–Trinajstić information content (AvgIpc) is 1.60. The number of aryl methyl sites for hydroxylation is 18. The predicted molar refractivity (Wildman–Crippen MR) is 568 cm³/mol. The SMILES string of the molecule is Cc1ccccc1-n1c(-c2c(C)ccnc2C)[n+](C)c2ccccc21.Cc1ccnc(C)c1-c1n(-c2c(C(C)C)cccc2C(C)C)c2ccccc2[n+]1C.Cc1ccnc(C)c1-c1n(-c2c(C)cccc2C)c2ccccc2[n+]1C.Cc1ccnc(C)c1-c1n(-c2ccccc2-c2ccccc2)c2ccccc2[n+]1C.Cc1ccnc(C)c1-c1n(-c2ccccc2C(C)C)c2ccccc2[n+]1C. The van der Waals surface area contributed by atoms with Crippen LogP contribution in [0, 0.1) is 90.0 Å². The van der Waals surface area contributed by atoms with Crippen LogP contribution in [-0.2, 0) is 35.2 Å². The molecule has 690 valence electrons. The molecule has 0 fully saturated rings. The first kappa shape index (κ1) is 94.3. The second-order valence-corrected chi connectivity index (χ2v) is 37.7. The molecular formula is C123H128N15+5. The Morgan fingerprint density at radius 1 is 0.203 bits per heavy atom. The Morgan fingerprint density at radius 3 is 0.790 bits per heavy atom. The van der Waals surface area contributed by atoms with E-state index in [9.17, 15) is 0 Å². The monoisotopic (exact) mass is 1820 g/mol. The lowest BCUT2D eigenvalue weighted by Crippen LogP contribution is -2.31. The molecule has 138 heavy (non-hydrogen) atoms. The van der Waals surface area contributed by atoms with Crippen molar-refractivity contribution in [2.45, 2.75) is 149 Å². The summed E-state index contributed by atoms with van der Waals surface area (Å²) in [6.07, 6.45) is 9.46. The maximum Gasteiger partial charge on any atom is 0.297 e. The van der Waals surface area contributed by atoms with Crippen LogP contribution in [0.5, 0.6) is 0 Å². The maximum atomic E-state index is 4.65. The number of nitrogens with zero attached hydrogens (tertiary/aromatic N) is 15. The lowest BCUT2D eigenvalue weighted by atomic mass is 9.92. The van der Waals surface area contributed by atoms with Gasteiger partial charge < -0.3 is 0 Å². The molecule has 0 aliphatic rings. The first-order chi connectivity index (χ1) is 66.6. The number of hydrogen-bond donors (Lipinski definition) is 0. The molecular weight excluding hydrogens is 1690 g/mol. The van der Waals surface area contributed by atoms with Crippen molar-refractivity contribution in [1.29, 1.82) is 0 Å². The second kappa shape index (κ2) is 39.8. The van der Waals surface area contributed by atoms with Gasteiger partial charge in [-0.05, 0) is 267 Å². The Morgan fingerprint density at radius 2 is 0.449 bits per heavy atom. The van der Waals surface area contributed by atoms with Gasteiger partial charge in [-0.25, -0.2) is 22.8 Å². The van der Waals surface area contributed by atoms with Crippen LogP contribution in [0.2, 0.25) is 0 Å². The summed E-state index contributed by atoms with van der Waals surface area (Å²) >= 11 is 0. The van der Waals surface area contributed by atoms with E-state index in [2.05, 4.69) is 529 Å². The van der Waals surface area contributed by atoms with Crippen LogP contribution < -0.4 is 22.8 Å². The van der Waals surface area contributed by atoms with Gasteiger partial charge in [0.25, 0.3) is 29.1 Å². The maximum absolute atomic E-state index is 4.65. The zero-order valence-corrected chi connectivity index (χ0v) is 84.5. The molecule has 0 amide bonds. The molecule has 0 unspecified atom stereocenters. The Bertz CT molecular complexity index is 8010. The number of fused-ring (bicyclic) bond motifs is 5. The minimum Gasteiger partial charge on any atom is -0.261 e. The first-order valence-corrected chi connectivity index (χ1v) is 48.2. The molecule has 0 saturated carbocycles. The summed E-state index contributed by atoms with van der Waals surface area (Å²) in [5, 5.41) is 0. The number of aromatic nitrogens is 15.